The molecule has 0 spiro atoms. The number of hydrogen-bond acceptors (Lipinski definition) is 8. The minimum atomic E-state index is 0.542. The van der Waals surface area contributed by atoms with Gasteiger partial charge in [-0.05, 0) is 30.7 Å². The van der Waals surface area contributed by atoms with Gasteiger partial charge in [-0.1, -0.05) is 0 Å². The van der Waals surface area contributed by atoms with Crippen LogP contribution in [0.5, 0.6) is 0 Å². The van der Waals surface area contributed by atoms with Crippen molar-refractivity contribution in [3.63, 3.8) is 0 Å². The maximum atomic E-state index is 5.33. The molecule has 9 heteroatoms. The van der Waals surface area contributed by atoms with Gasteiger partial charge in [0.05, 0.1) is 31.6 Å². The lowest BCUT2D eigenvalue weighted by Gasteiger charge is -2.43. The normalized spacial score (nSPS) is 17.9. The van der Waals surface area contributed by atoms with Crippen LogP contribution in [0.1, 0.15) is 5.56 Å². The molecule has 150 valence electrons. The molecule has 9 nitrogen and oxygen atoms in total. The summed E-state index contributed by atoms with van der Waals surface area (Å²) in [7, 11) is 0. The van der Waals surface area contributed by atoms with Crippen molar-refractivity contribution in [2.75, 3.05) is 49.6 Å². The molecule has 2 aromatic heterocycles. The van der Waals surface area contributed by atoms with Crippen molar-refractivity contribution in [2.24, 2.45) is 0 Å². The van der Waals surface area contributed by atoms with E-state index in [4.69, 9.17) is 4.74 Å². The van der Waals surface area contributed by atoms with Gasteiger partial charge in [0, 0.05) is 37.6 Å². The number of piperazine rings is 1. The molecule has 0 atom stereocenters. The summed E-state index contributed by atoms with van der Waals surface area (Å²) in [5.74, 6) is 0.542. The average molecular weight is 392 g/mol. The van der Waals surface area contributed by atoms with E-state index < -0.39 is 0 Å². The molecule has 0 unspecified atom stereocenters. The topological polar surface area (TPSA) is 84.2 Å². The van der Waals surface area contributed by atoms with Crippen molar-refractivity contribution in [1.82, 2.24) is 29.6 Å². The van der Waals surface area contributed by atoms with Crippen LogP contribution in [-0.2, 0) is 4.74 Å². The predicted molar refractivity (Wildman–Crippen MR) is 110 cm³/mol. The highest BCUT2D eigenvalue weighted by molar-refractivity contribution is 5.64. The Kier molecular flexibility index (Phi) is 4.82. The van der Waals surface area contributed by atoms with E-state index in [0.29, 0.717) is 12.0 Å². The summed E-state index contributed by atoms with van der Waals surface area (Å²) >= 11 is 0. The van der Waals surface area contributed by atoms with E-state index in [1.807, 2.05) is 0 Å². The highest BCUT2D eigenvalue weighted by atomic mass is 16.5. The number of nitrogens with zero attached hydrogens (tertiary/aromatic N) is 7. The maximum absolute atomic E-state index is 5.33. The third-order valence-corrected chi connectivity index (χ3v) is 5.44. The Balaban J connectivity index is 1.28. The zero-order valence-electron chi connectivity index (χ0n) is 16.4. The second-order valence-electron chi connectivity index (χ2n) is 7.51. The Morgan fingerprint density at radius 3 is 2.52 bits per heavy atom. The Labute approximate surface area is 169 Å². The number of aryl methyl sites for hydroxylation is 1. The number of anilines is 3. The van der Waals surface area contributed by atoms with Gasteiger partial charge in [0.25, 0.3) is 0 Å². The number of rotatable bonds is 5. The van der Waals surface area contributed by atoms with Crippen molar-refractivity contribution < 1.29 is 4.74 Å². The van der Waals surface area contributed by atoms with Crippen LogP contribution < -0.4 is 10.2 Å². The minimum Gasteiger partial charge on any atom is -0.378 e. The predicted octanol–water partition coefficient (Wildman–Crippen LogP) is 1.63. The Hall–Kier alpha value is -3.04. The molecule has 1 N–H and O–H groups in total. The third kappa shape index (κ3) is 3.92. The lowest BCUT2D eigenvalue weighted by molar-refractivity contribution is -0.0660. The van der Waals surface area contributed by atoms with Crippen molar-refractivity contribution >= 4 is 17.3 Å². The summed E-state index contributed by atoms with van der Waals surface area (Å²) in [6.07, 6.45) is 6.55. The molecule has 0 aliphatic carbocycles. The first-order chi connectivity index (χ1) is 14.2. The molecular weight excluding hydrogens is 368 g/mol. The lowest BCUT2D eigenvalue weighted by Crippen LogP contribution is -2.56. The van der Waals surface area contributed by atoms with Crippen molar-refractivity contribution in [3.05, 3.63) is 48.8 Å². The third-order valence-electron chi connectivity index (χ3n) is 5.44. The Morgan fingerprint density at radius 2 is 1.79 bits per heavy atom. The quantitative estimate of drug-likeness (QED) is 0.701. The van der Waals surface area contributed by atoms with E-state index in [1.165, 1.54) is 17.6 Å². The van der Waals surface area contributed by atoms with Gasteiger partial charge in [-0.25, -0.2) is 14.6 Å². The van der Waals surface area contributed by atoms with E-state index in [9.17, 15) is 0 Å². The van der Waals surface area contributed by atoms with Gasteiger partial charge in [-0.15, -0.1) is 5.10 Å². The monoisotopic (exact) mass is 392 g/mol. The smallest absolute Gasteiger partial charge is 0.246 e. The average Bonchev–Trinajstić information content (AvgIpc) is 3.16. The van der Waals surface area contributed by atoms with E-state index in [2.05, 4.69) is 60.3 Å². The van der Waals surface area contributed by atoms with Crippen LogP contribution in [0.4, 0.5) is 17.3 Å². The van der Waals surface area contributed by atoms with E-state index in [1.54, 1.807) is 23.4 Å². The fourth-order valence-electron chi connectivity index (χ4n) is 3.78. The molecule has 2 fully saturated rings. The van der Waals surface area contributed by atoms with Crippen LogP contribution in [0.3, 0.4) is 0 Å². The van der Waals surface area contributed by atoms with Gasteiger partial charge in [-0.3, -0.25) is 4.90 Å². The Morgan fingerprint density at radius 1 is 1.00 bits per heavy atom. The van der Waals surface area contributed by atoms with Gasteiger partial charge >= 0.3 is 0 Å². The first-order valence-electron chi connectivity index (χ1n) is 9.87. The molecule has 2 saturated heterocycles. The maximum Gasteiger partial charge on any atom is 0.246 e. The van der Waals surface area contributed by atoms with Gasteiger partial charge in [0.2, 0.25) is 5.95 Å². The summed E-state index contributed by atoms with van der Waals surface area (Å²) in [4.78, 5) is 17.4. The summed E-state index contributed by atoms with van der Waals surface area (Å²) < 4.78 is 6.99. The zero-order chi connectivity index (χ0) is 19.6. The lowest BCUT2D eigenvalue weighted by atomic mass is 10.1. The van der Waals surface area contributed by atoms with Crippen LogP contribution in [0.2, 0.25) is 0 Å². The molecule has 0 bridgehead atoms. The van der Waals surface area contributed by atoms with E-state index in [-0.39, 0.29) is 0 Å². The summed E-state index contributed by atoms with van der Waals surface area (Å²) in [6.45, 7) is 8.09. The first kappa shape index (κ1) is 18.0. The van der Waals surface area contributed by atoms with Crippen molar-refractivity contribution in [1.29, 1.82) is 0 Å². The van der Waals surface area contributed by atoms with Crippen LogP contribution in [0.25, 0.3) is 5.69 Å². The molecule has 1 aromatic carbocycles. The minimum absolute atomic E-state index is 0.542. The van der Waals surface area contributed by atoms with Crippen LogP contribution in [0, 0.1) is 6.92 Å². The van der Waals surface area contributed by atoms with Gasteiger partial charge in [0.1, 0.15) is 18.3 Å². The largest absolute Gasteiger partial charge is 0.378 e. The standard InChI is InChI=1S/C20H24N8O/c1-15-6-16(24-20-23-14-28(25-20)18-9-21-13-22-10-18)8-17(7-15)26-2-4-27(5-3-26)19-11-29-12-19/h6-10,13-14,19H,2-5,11-12H2,1H3,(H,24,25). The molecule has 5 rings (SSSR count). The number of nitrogens with one attached hydrogen (secondary N) is 1. The van der Waals surface area contributed by atoms with Crippen LogP contribution in [0.15, 0.2) is 43.2 Å². The molecule has 0 amide bonds. The van der Waals surface area contributed by atoms with Crippen LogP contribution >= 0.6 is 0 Å². The molecule has 2 aliphatic heterocycles. The SMILES string of the molecule is Cc1cc(Nc2ncn(-c3cncnc3)n2)cc(N2CCN(C3COC3)CC2)c1. The van der Waals surface area contributed by atoms with Crippen molar-refractivity contribution in [3.8, 4) is 5.69 Å². The fourth-order valence-corrected chi connectivity index (χ4v) is 3.78. The van der Waals surface area contributed by atoms with Gasteiger partial charge in [-0.2, -0.15) is 4.98 Å². The Bertz CT molecular complexity index is 964. The molecule has 0 saturated carbocycles. The van der Waals surface area contributed by atoms with E-state index in [0.717, 1.165) is 50.8 Å². The van der Waals surface area contributed by atoms with Crippen LogP contribution in [-0.4, -0.2) is 75.1 Å². The number of hydrogen-bond donors (Lipinski definition) is 1. The number of ether oxygens (including phenoxy) is 1. The molecule has 4 heterocycles. The molecule has 2 aliphatic rings. The number of aromatic nitrogens is 5. The fraction of sp³-hybridized carbons (Fsp3) is 0.400. The molecule has 3 aromatic rings. The van der Waals surface area contributed by atoms with Gasteiger partial charge < -0.3 is 15.0 Å². The zero-order valence-corrected chi connectivity index (χ0v) is 16.4. The second kappa shape index (κ2) is 7.76. The summed E-state index contributed by atoms with van der Waals surface area (Å²) in [6, 6.07) is 7.13. The molecule has 0 radical (unpaired) electrons. The summed E-state index contributed by atoms with van der Waals surface area (Å²) in [5.41, 5.74) is 4.19. The van der Waals surface area contributed by atoms with Gasteiger partial charge in [0.15, 0.2) is 0 Å². The summed E-state index contributed by atoms with van der Waals surface area (Å²) in [5, 5.41) is 7.80. The molecular formula is C20H24N8O. The number of benzene rings is 1. The van der Waals surface area contributed by atoms with Crippen molar-refractivity contribution in [2.45, 2.75) is 13.0 Å². The first-order valence-corrected chi connectivity index (χ1v) is 9.87. The molecule has 29 heavy (non-hydrogen) atoms. The van der Waals surface area contributed by atoms with E-state index >= 15 is 0 Å². The highest BCUT2D eigenvalue weighted by Crippen LogP contribution is 2.26. The second-order valence-corrected chi connectivity index (χ2v) is 7.51. The highest BCUT2D eigenvalue weighted by Gasteiger charge is 2.29.